The molecule has 0 aliphatic carbocycles. The predicted molar refractivity (Wildman–Crippen MR) is 118 cm³/mol. The summed E-state index contributed by atoms with van der Waals surface area (Å²) in [6.45, 7) is 3.78. The normalized spacial score (nSPS) is 13.4. The van der Waals surface area contributed by atoms with E-state index in [9.17, 15) is 10.1 Å². The second-order valence-electron chi connectivity index (χ2n) is 7.40. The average Bonchev–Trinajstić information content (AvgIpc) is 2.78. The minimum atomic E-state index is -0.395. The van der Waals surface area contributed by atoms with E-state index in [1.165, 1.54) is 21.7 Å². The van der Waals surface area contributed by atoms with Crippen LogP contribution in [-0.4, -0.2) is 23.1 Å². The van der Waals surface area contributed by atoms with Gasteiger partial charge in [-0.15, -0.1) is 0 Å². The zero-order valence-corrected chi connectivity index (χ0v) is 16.6. The van der Waals surface area contributed by atoms with Gasteiger partial charge in [-0.2, -0.15) is 0 Å². The van der Waals surface area contributed by atoms with Gasteiger partial charge in [0.1, 0.15) is 0 Å². The number of nitrogens with zero attached hydrogens (tertiary/aromatic N) is 2. The quantitative estimate of drug-likeness (QED) is 0.297. The van der Waals surface area contributed by atoms with Gasteiger partial charge in [0.2, 0.25) is 0 Å². The molecule has 3 aromatic carbocycles. The highest BCUT2D eigenvalue weighted by Gasteiger charge is 2.23. The second kappa shape index (κ2) is 7.39. The number of aromatic nitrogens is 1. The molecule has 0 spiro atoms. The third kappa shape index (κ3) is 2.97. The van der Waals surface area contributed by atoms with Crippen molar-refractivity contribution in [3.63, 3.8) is 0 Å². The van der Waals surface area contributed by atoms with E-state index in [-0.39, 0.29) is 11.4 Å². The SMILES string of the molecule is CCOc1ccc(-c2nc3ccc4ccccc4c3c3c2CNCC3)cc1[N+](=O)[O-]. The molecule has 6 nitrogen and oxygen atoms in total. The number of rotatable bonds is 4. The lowest BCUT2D eigenvalue weighted by Gasteiger charge is -2.23. The molecule has 0 unspecified atom stereocenters. The summed E-state index contributed by atoms with van der Waals surface area (Å²) in [7, 11) is 0. The van der Waals surface area contributed by atoms with Crippen LogP contribution in [0.5, 0.6) is 5.75 Å². The largest absolute Gasteiger partial charge is 0.487 e. The molecule has 150 valence electrons. The molecule has 0 amide bonds. The fourth-order valence-corrected chi connectivity index (χ4v) is 4.37. The number of nitro groups is 1. The van der Waals surface area contributed by atoms with Gasteiger partial charge in [0, 0.05) is 23.6 Å². The third-order valence-electron chi connectivity index (χ3n) is 5.67. The van der Waals surface area contributed by atoms with Crippen molar-refractivity contribution in [2.45, 2.75) is 19.9 Å². The molecule has 4 aromatic rings. The zero-order valence-electron chi connectivity index (χ0n) is 16.6. The molecule has 6 heteroatoms. The van der Waals surface area contributed by atoms with Crippen molar-refractivity contribution in [1.29, 1.82) is 0 Å². The number of nitrogens with one attached hydrogen (secondary N) is 1. The van der Waals surface area contributed by atoms with Crippen LogP contribution in [0.3, 0.4) is 0 Å². The minimum absolute atomic E-state index is 0.0349. The zero-order chi connectivity index (χ0) is 20.7. The lowest BCUT2D eigenvalue weighted by Crippen LogP contribution is -2.25. The van der Waals surface area contributed by atoms with E-state index in [0.29, 0.717) is 13.2 Å². The van der Waals surface area contributed by atoms with E-state index in [0.717, 1.165) is 35.3 Å². The molecule has 0 saturated heterocycles. The number of ether oxygens (including phenoxy) is 1. The highest BCUT2D eigenvalue weighted by molar-refractivity contribution is 6.09. The van der Waals surface area contributed by atoms with Gasteiger partial charge in [-0.3, -0.25) is 10.1 Å². The van der Waals surface area contributed by atoms with E-state index in [1.807, 2.05) is 25.1 Å². The van der Waals surface area contributed by atoms with Crippen LogP contribution >= 0.6 is 0 Å². The summed E-state index contributed by atoms with van der Waals surface area (Å²) in [6, 6.07) is 17.6. The highest BCUT2D eigenvalue weighted by Crippen LogP contribution is 2.38. The molecule has 5 rings (SSSR count). The fraction of sp³-hybridized carbons (Fsp3) is 0.208. The molecule has 0 radical (unpaired) electrons. The van der Waals surface area contributed by atoms with E-state index < -0.39 is 4.92 Å². The molecule has 1 N–H and O–H groups in total. The molecule has 1 aromatic heterocycles. The van der Waals surface area contributed by atoms with Gasteiger partial charge < -0.3 is 10.1 Å². The Hall–Kier alpha value is -3.51. The first-order valence-electron chi connectivity index (χ1n) is 10.1. The molecule has 30 heavy (non-hydrogen) atoms. The van der Waals surface area contributed by atoms with Gasteiger partial charge in [-0.05, 0) is 60.0 Å². The van der Waals surface area contributed by atoms with Crippen LogP contribution in [-0.2, 0) is 13.0 Å². The van der Waals surface area contributed by atoms with Crippen molar-refractivity contribution >= 4 is 27.4 Å². The molecule has 0 fully saturated rings. The smallest absolute Gasteiger partial charge is 0.311 e. The summed E-state index contributed by atoms with van der Waals surface area (Å²) in [5, 5.41) is 18.6. The molecule has 0 atom stereocenters. The van der Waals surface area contributed by atoms with Crippen molar-refractivity contribution in [1.82, 2.24) is 10.3 Å². The van der Waals surface area contributed by atoms with Gasteiger partial charge in [-0.25, -0.2) is 4.98 Å². The van der Waals surface area contributed by atoms with E-state index >= 15 is 0 Å². The third-order valence-corrected chi connectivity index (χ3v) is 5.67. The minimum Gasteiger partial charge on any atom is -0.487 e. The van der Waals surface area contributed by atoms with Gasteiger partial charge in [0.15, 0.2) is 5.75 Å². The highest BCUT2D eigenvalue weighted by atomic mass is 16.6. The Morgan fingerprint density at radius 2 is 2.00 bits per heavy atom. The second-order valence-corrected chi connectivity index (χ2v) is 7.40. The van der Waals surface area contributed by atoms with Crippen molar-refractivity contribution < 1.29 is 9.66 Å². The van der Waals surface area contributed by atoms with Gasteiger partial charge in [0.25, 0.3) is 0 Å². The maximum Gasteiger partial charge on any atom is 0.311 e. The summed E-state index contributed by atoms with van der Waals surface area (Å²) < 4.78 is 5.45. The van der Waals surface area contributed by atoms with Gasteiger partial charge >= 0.3 is 5.69 Å². The Bertz CT molecular complexity index is 1300. The van der Waals surface area contributed by atoms with Crippen LogP contribution in [0.4, 0.5) is 5.69 Å². The van der Waals surface area contributed by atoms with Crippen LogP contribution < -0.4 is 10.1 Å². The Morgan fingerprint density at radius 1 is 1.13 bits per heavy atom. The fourth-order valence-electron chi connectivity index (χ4n) is 4.37. The lowest BCUT2D eigenvalue weighted by molar-refractivity contribution is -0.385. The number of hydrogen-bond donors (Lipinski definition) is 1. The topological polar surface area (TPSA) is 77.3 Å². The summed E-state index contributed by atoms with van der Waals surface area (Å²) in [4.78, 5) is 16.2. The van der Waals surface area contributed by atoms with E-state index in [4.69, 9.17) is 9.72 Å². The molecular formula is C24H21N3O3. The first kappa shape index (κ1) is 18.5. The van der Waals surface area contributed by atoms with Crippen molar-refractivity contribution in [2.75, 3.05) is 13.2 Å². The number of fused-ring (bicyclic) bond motifs is 5. The summed E-state index contributed by atoms with van der Waals surface area (Å²) in [5.74, 6) is 0.282. The van der Waals surface area contributed by atoms with Crippen LogP contribution in [0.2, 0.25) is 0 Å². The maximum absolute atomic E-state index is 11.6. The van der Waals surface area contributed by atoms with Crippen LogP contribution in [0.1, 0.15) is 18.1 Å². The average molecular weight is 399 g/mol. The van der Waals surface area contributed by atoms with Crippen molar-refractivity contribution in [2.24, 2.45) is 0 Å². The Balaban J connectivity index is 1.79. The van der Waals surface area contributed by atoms with Crippen LogP contribution in [0, 0.1) is 10.1 Å². The molecule has 0 saturated carbocycles. The molecule has 2 heterocycles. The first-order chi connectivity index (χ1) is 14.7. The summed E-state index contributed by atoms with van der Waals surface area (Å²) in [5.41, 5.74) is 4.81. The van der Waals surface area contributed by atoms with E-state index in [1.54, 1.807) is 12.1 Å². The predicted octanol–water partition coefficient (Wildman–Crippen LogP) is 5.01. The van der Waals surface area contributed by atoms with Crippen LogP contribution in [0.25, 0.3) is 32.9 Å². The van der Waals surface area contributed by atoms with Crippen molar-refractivity contribution in [3.05, 3.63) is 75.8 Å². The molecule has 1 aliphatic heterocycles. The van der Waals surface area contributed by atoms with Crippen molar-refractivity contribution in [3.8, 4) is 17.0 Å². The number of benzene rings is 3. The summed E-state index contributed by atoms with van der Waals surface area (Å²) >= 11 is 0. The lowest BCUT2D eigenvalue weighted by atomic mass is 9.90. The summed E-state index contributed by atoms with van der Waals surface area (Å²) in [6.07, 6.45) is 0.897. The Kier molecular flexibility index (Phi) is 4.56. The Labute approximate surface area is 173 Å². The maximum atomic E-state index is 11.6. The number of pyridine rings is 1. The molecular weight excluding hydrogens is 378 g/mol. The van der Waals surface area contributed by atoms with Gasteiger partial charge in [0.05, 0.1) is 22.7 Å². The number of nitro benzene ring substituents is 1. The van der Waals surface area contributed by atoms with Gasteiger partial charge in [-0.1, -0.05) is 30.3 Å². The van der Waals surface area contributed by atoms with E-state index in [2.05, 4.69) is 29.6 Å². The monoisotopic (exact) mass is 399 g/mol. The molecule has 0 bridgehead atoms. The Morgan fingerprint density at radius 3 is 2.83 bits per heavy atom. The number of hydrogen-bond acceptors (Lipinski definition) is 5. The molecule has 1 aliphatic rings. The van der Waals surface area contributed by atoms with Crippen LogP contribution in [0.15, 0.2) is 54.6 Å². The standard InChI is InChI=1S/C24H21N3O3/c1-2-30-22-10-8-16(13-21(22)27(28)29)24-19-14-25-12-11-18(19)23-17-6-4-3-5-15(17)7-9-20(23)26-24/h3-10,13,25H,2,11-12,14H2,1H3. The first-order valence-corrected chi connectivity index (χ1v) is 10.1.